The van der Waals surface area contributed by atoms with E-state index in [1.54, 1.807) is 0 Å². The first-order valence-electron chi connectivity index (χ1n) is 6.76. The Balaban J connectivity index is 1.62. The van der Waals surface area contributed by atoms with Gasteiger partial charge in [0.2, 0.25) is 5.91 Å². The van der Waals surface area contributed by atoms with Crippen LogP contribution < -0.4 is 10.6 Å². The van der Waals surface area contributed by atoms with Crippen LogP contribution in [0.5, 0.6) is 0 Å². The summed E-state index contributed by atoms with van der Waals surface area (Å²) in [6.45, 7) is 1.76. The fourth-order valence-electron chi connectivity index (χ4n) is 2.44. The van der Waals surface area contributed by atoms with Gasteiger partial charge in [-0.2, -0.15) is 0 Å². The minimum Gasteiger partial charge on any atom is -0.349 e. The number of imidazole rings is 1. The Morgan fingerprint density at radius 2 is 2.33 bits per heavy atom. The molecule has 1 amide bonds. The second-order valence-electron chi connectivity index (χ2n) is 5.42. The second-order valence-corrected chi connectivity index (χ2v) is 5.42. The lowest BCUT2D eigenvalue weighted by atomic mass is 10.2. The van der Waals surface area contributed by atoms with Crippen molar-refractivity contribution < 1.29 is 13.6 Å². The first kappa shape index (κ1) is 13.9. The lowest BCUT2D eigenvalue weighted by Gasteiger charge is -2.10. The molecule has 2 aromatic rings. The van der Waals surface area contributed by atoms with Gasteiger partial charge in [0.05, 0.1) is 24.8 Å². The van der Waals surface area contributed by atoms with Crippen LogP contribution in [0.25, 0.3) is 5.65 Å². The largest absolute Gasteiger partial charge is 0.349 e. The molecule has 3 heterocycles. The summed E-state index contributed by atoms with van der Waals surface area (Å²) in [6.07, 6.45) is 3.30. The summed E-state index contributed by atoms with van der Waals surface area (Å²) in [5, 5.41) is 5.17. The summed E-state index contributed by atoms with van der Waals surface area (Å²) in [7, 11) is 0. The highest BCUT2D eigenvalue weighted by atomic mass is 19.3. The van der Waals surface area contributed by atoms with E-state index in [2.05, 4.69) is 15.6 Å². The summed E-state index contributed by atoms with van der Waals surface area (Å²) in [6, 6.07) is 3.01. The van der Waals surface area contributed by atoms with Crippen LogP contribution in [0, 0.1) is 6.92 Å². The van der Waals surface area contributed by atoms with Crippen molar-refractivity contribution in [2.45, 2.75) is 31.9 Å². The maximum atomic E-state index is 13.0. The second kappa shape index (κ2) is 5.07. The Kier molecular flexibility index (Phi) is 3.36. The number of amides is 1. The van der Waals surface area contributed by atoms with Gasteiger partial charge in [0.15, 0.2) is 0 Å². The maximum absolute atomic E-state index is 13.0. The first-order chi connectivity index (χ1) is 9.93. The molecule has 1 atom stereocenters. The summed E-state index contributed by atoms with van der Waals surface area (Å²) in [5.74, 6) is -3.22. The Labute approximate surface area is 120 Å². The van der Waals surface area contributed by atoms with E-state index in [4.69, 9.17) is 0 Å². The van der Waals surface area contributed by atoms with Crippen LogP contribution in [0.3, 0.4) is 0 Å². The molecule has 5 nitrogen and oxygen atoms in total. The lowest BCUT2D eigenvalue weighted by molar-refractivity contribution is -0.123. The third-order valence-electron chi connectivity index (χ3n) is 3.52. The quantitative estimate of drug-likeness (QED) is 0.896. The molecule has 0 bridgehead atoms. The standard InChI is InChI=1S/C14H16F2N4O/c1-9-2-3-12-19-10(7-20(12)6-9)5-17-13(21)11-4-14(15,16)8-18-11/h2-3,6-7,11,18H,4-5,8H2,1H3,(H,17,21). The van der Waals surface area contributed by atoms with Crippen molar-refractivity contribution in [3.63, 3.8) is 0 Å². The molecule has 1 aliphatic heterocycles. The number of hydrogen-bond acceptors (Lipinski definition) is 3. The Morgan fingerprint density at radius 1 is 1.52 bits per heavy atom. The van der Waals surface area contributed by atoms with Crippen LogP contribution in [0.2, 0.25) is 0 Å². The van der Waals surface area contributed by atoms with Crippen molar-refractivity contribution in [2.75, 3.05) is 6.54 Å². The van der Waals surface area contributed by atoms with Crippen LogP contribution in [0.4, 0.5) is 8.78 Å². The average molecular weight is 294 g/mol. The van der Waals surface area contributed by atoms with Crippen LogP contribution in [0.1, 0.15) is 17.7 Å². The van der Waals surface area contributed by atoms with Gasteiger partial charge in [-0.1, -0.05) is 6.07 Å². The van der Waals surface area contributed by atoms with E-state index in [0.29, 0.717) is 5.69 Å². The summed E-state index contributed by atoms with van der Waals surface area (Å²) in [5.41, 5.74) is 2.59. The summed E-state index contributed by atoms with van der Waals surface area (Å²) < 4.78 is 27.9. The lowest BCUT2D eigenvalue weighted by Crippen LogP contribution is -2.40. The van der Waals surface area contributed by atoms with Gasteiger partial charge < -0.3 is 9.72 Å². The first-order valence-corrected chi connectivity index (χ1v) is 6.76. The molecular weight excluding hydrogens is 278 g/mol. The van der Waals surface area contributed by atoms with Gasteiger partial charge in [0.25, 0.3) is 5.92 Å². The Bertz CT molecular complexity index is 683. The predicted molar refractivity (Wildman–Crippen MR) is 73.1 cm³/mol. The zero-order chi connectivity index (χ0) is 15.0. The molecule has 0 aromatic carbocycles. The molecule has 7 heteroatoms. The number of nitrogens with zero attached hydrogens (tertiary/aromatic N) is 2. The molecule has 1 unspecified atom stereocenters. The van der Waals surface area contributed by atoms with E-state index >= 15 is 0 Å². The highest BCUT2D eigenvalue weighted by Gasteiger charge is 2.42. The van der Waals surface area contributed by atoms with Crippen molar-refractivity contribution in [3.05, 3.63) is 35.8 Å². The molecule has 3 rings (SSSR count). The molecule has 1 saturated heterocycles. The number of halogens is 2. The van der Waals surface area contributed by atoms with E-state index in [-0.39, 0.29) is 6.54 Å². The average Bonchev–Trinajstić information content (AvgIpc) is 2.98. The van der Waals surface area contributed by atoms with Crippen molar-refractivity contribution in [1.82, 2.24) is 20.0 Å². The molecule has 0 saturated carbocycles. The van der Waals surface area contributed by atoms with E-state index in [1.807, 2.05) is 35.9 Å². The highest BCUT2D eigenvalue weighted by Crippen LogP contribution is 2.25. The topological polar surface area (TPSA) is 58.4 Å². The Morgan fingerprint density at radius 3 is 3.05 bits per heavy atom. The van der Waals surface area contributed by atoms with Crippen LogP contribution in [0.15, 0.2) is 24.5 Å². The van der Waals surface area contributed by atoms with Gasteiger partial charge in [-0.05, 0) is 18.6 Å². The van der Waals surface area contributed by atoms with Gasteiger partial charge in [-0.25, -0.2) is 13.8 Å². The fourth-order valence-corrected chi connectivity index (χ4v) is 2.44. The number of hydrogen-bond donors (Lipinski definition) is 2. The number of rotatable bonds is 3. The minimum atomic E-state index is -2.80. The van der Waals surface area contributed by atoms with Gasteiger partial charge in [0, 0.05) is 18.8 Å². The molecular formula is C14H16F2N4O. The smallest absolute Gasteiger partial charge is 0.262 e. The molecule has 2 N–H and O–H groups in total. The third kappa shape index (κ3) is 3.02. The van der Waals surface area contributed by atoms with Crippen LogP contribution in [-0.2, 0) is 11.3 Å². The number of fused-ring (bicyclic) bond motifs is 1. The predicted octanol–water partition coefficient (Wildman–Crippen LogP) is 1.26. The van der Waals surface area contributed by atoms with Gasteiger partial charge >= 0.3 is 0 Å². The zero-order valence-electron chi connectivity index (χ0n) is 11.6. The van der Waals surface area contributed by atoms with E-state index in [1.165, 1.54) is 0 Å². The summed E-state index contributed by atoms with van der Waals surface area (Å²) >= 11 is 0. The maximum Gasteiger partial charge on any atom is 0.262 e. The van der Waals surface area contributed by atoms with Crippen molar-refractivity contribution in [1.29, 1.82) is 0 Å². The normalized spacial score (nSPS) is 20.8. The monoisotopic (exact) mass is 294 g/mol. The Hall–Kier alpha value is -2.02. The highest BCUT2D eigenvalue weighted by molar-refractivity contribution is 5.82. The number of alkyl halides is 2. The van der Waals surface area contributed by atoms with E-state index in [9.17, 15) is 13.6 Å². The number of pyridine rings is 1. The third-order valence-corrected chi connectivity index (χ3v) is 3.52. The SMILES string of the molecule is Cc1ccc2nc(CNC(=O)C3CC(F)(F)CN3)cn2c1. The van der Waals surface area contributed by atoms with Crippen molar-refractivity contribution in [3.8, 4) is 0 Å². The van der Waals surface area contributed by atoms with Crippen LogP contribution >= 0.6 is 0 Å². The number of carbonyl (C=O) groups excluding carboxylic acids is 1. The summed E-state index contributed by atoms with van der Waals surface area (Å²) in [4.78, 5) is 16.2. The number of nitrogens with one attached hydrogen (secondary N) is 2. The van der Waals surface area contributed by atoms with Gasteiger partial charge in [0.1, 0.15) is 5.65 Å². The molecule has 112 valence electrons. The minimum absolute atomic E-state index is 0.226. The van der Waals surface area contributed by atoms with E-state index in [0.717, 1.165) is 11.2 Å². The molecule has 1 fully saturated rings. The zero-order valence-corrected chi connectivity index (χ0v) is 11.6. The van der Waals surface area contributed by atoms with Gasteiger partial charge in [-0.15, -0.1) is 0 Å². The number of carbonyl (C=O) groups is 1. The van der Waals surface area contributed by atoms with Gasteiger partial charge in [-0.3, -0.25) is 10.1 Å². The van der Waals surface area contributed by atoms with Crippen molar-refractivity contribution in [2.24, 2.45) is 0 Å². The number of aromatic nitrogens is 2. The molecule has 0 aliphatic carbocycles. The van der Waals surface area contributed by atoms with Crippen LogP contribution in [-0.4, -0.2) is 33.8 Å². The van der Waals surface area contributed by atoms with E-state index < -0.39 is 30.8 Å². The fraction of sp³-hybridized carbons (Fsp3) is 0.429. The molecule has 0 radical (unpaired) electrons. The molecule has 21 heavy (non-hydrogen) atoms. The van der Waals surface area contributed by atoms with Crippen molar-refractivity contribution >= 4 is 11.6 Å². The molecule has 0 spiro atoms. The number of aryl methyl sites for hydroxylation is 1. The molecule has 2 aromatic heterocycles. The molecule has 1 aliphatic rings.